The summed E-state index contributed by atoms with van der Waals surface area (Å²) in [5.41, 5.74) is 3.47. The Morgan fingerprint density at radius 2 is 1.65 bits per heavy atom. The van der Waals surface area contributed by atoms with E-state index in [1.165, 1.54) is 4.90 Å². The number of thiocarbonyl (C=S) groups is 1. The summed E-state index contributed by atoms with van der Waals surface area (Å²) in [7, 11) is 0. The van der Waals surface area contributed by atoms with Crippen LogP contribution in [0.25, 0.3) is 6.08 Å². The maximum absolute atomic E-state index is 13.2. The van der Waals surface area contributed by atoms with Crippen LogP contribution < -0.4 is 15.0 Å². The predicted molar refractivity (Wildman–Crippen MR) is 145 cm³/mol. The van der Waals surface area contributed by atoms with Crippen LogP contribution in [0.3, 0.4) is 0 Å². The zero-order chi connectivity index (χ0) is 24.2. The molecule has 0 spiro atoms. The molecule has 1 fully saturated rings. The van der Waals surface area contributed by atoms with Gasteiger partial charge in [0.1, 0.15) is 17.9 Å². The molecule has 1 heterocycles. The lowest BCUT2D eigenvalue weighted by Crippen LogP contribution is -2.54. The lowest BCUT2D eigenvalue weighted by Gasteiger charge is -2.29. The number of hydrogen-bond donors (Lipinski definition) is 1. The molecular formula is C26H20Br2N2O3S. The van der Waals surface area contributed by atoms with Crippen LogP contribution in [-0.4, -0.2) is 16.9 Å². The number of hydrogen-bond acceptors (Lipinski definition) is 4. The molecule has 0 aromatic heterocycles. The van der Waals surface area contributed by atoms with Crippen molar-refractivity contribution in [3.63, 3.8) is 0 Å². The minimum Gasteiger partial charge on any atom is -0.488 e. The highest BCUT2D eigenvalue weighted by Gasteiger charge is 2.34. The van der Waals surface area contributed by atoms with Gasteiger partial charge in [0.2, 0.25) is 0 Å². The normalized spacial score (nSPS) is 15.0. The van der Waals surface area contributed by atoms with Gasteiger partial charge in [-0.2, -0.15) is 0 Å². The number of nitrogens with one attached hydrogen (secondary N) is 1. The minimum absolute atomic E-state index is 0.00333. The smallest absolute Gasteiger partial charge is 0.270 e. The molecule has 0 atom stereocenters. The lowest BCUT2D eigenvalue weighted by molar-refractivity contribution is -0.122. The van der Waals surface area contributed by atoms with Gasteiger partial charge >= 0.3 is 0 Å². The van der Waals surface area contributed by atoms with Gasteiger partial charge in [-0.05, 0) is 93.7 Å². The van der Waals surface area contributed by atoms with Crippen LogP contribution in [0.1, 0.15) is 23.6 Å². The molecule has 0 radical (unpaired) electrons. The van der Waals surface area contributed by atoms with Crippen LogP contribution in [0, 0.1) is 0 Å². The third kappa shape index (κ3) is 5.46. The van der Waals surface area contributed by atoms with E-state index in [1.54, 1.807) is 24.3 Å². The maximum Gasteiger partial charge on any atom is 0.270 e. The van der Waals surface area contributed by atoms with Gasteiger partial charge in [0, 0.05) is 4.47 Å². The molecule has 8 heteroatoms. The van der Waals surface area contributed by atoms with Crippen LogP contribution in [0.15, 0.2) is 81.2 Å². The molecule has 3 aromatic rings. The van der Waals surface area contributed by atoms with Crippen molar-refractivity contribution in [1.29, 1.82) is 0 Å². The highest BCUT2D eigenvalue weighted by atomic mass is 79.9. The number of ether oxygens (including phenoxy) is 1. The number of aryl methyl sites for hydroxylation is 1. The molecule has 0 aliphatic carbocycles. The second-order valence-corrected chi connectivity index (χ2v) is 9.74. The molecule has 3 aromatic carbocycles. The summed E-state index contributed by atoms with van der Waals surface area (Å²) in [5, 5.41) is 2.68. The van der Waals surface area contributed by atoms with E-state index >= 15 is 0 Å². The van der Waals surface area contributed by atoms with E-state index in [2.05, 4.69) is 44.1 Å². The Labute approximate surface area is 220 Å². The van der Waals surface area contributed by atoms with E-state index < -0.39 is 11.8 Å². The molecule has 172 valence electrons. The largest absolute Gasteiger partial charge is 0.488 e. The summed E-state index contributed by atoms with van der Waals surface area (Å²) < 4.78 is 7.62. The van der Waals surface area contributed by atoms with Gasteiger partial charge in [0.05, 0.1) is 10.2 Å². The summed E-state index contributed by atoms with van der Waals surface area (Å²) in [5.74, 6) is -0.337. The monoisotopic (exact) mass is 598 g/mol. The van der Waals surface area contributed by atoms with E-state index in [4.69, 9.17) is 17.0 Å². The van der Waals surface area contributed by atoms with E-state index in [9.17, 15) is 9.59 Å². The molecule has 4 rings (SSSR count). The van der Waals surface area contributed by atoms with E-state index in [-0.39, 0.29) is 10.7 Å². The summed E-state index contributed by atoms with van der Waals surface area (Å²) in [6.07, 6.45) is 2.44. The minimum atomic E-state index is -0.525. The third-order valence-electron chi connectivity index (χ3n) is 5.28. The lowest BCUT2D eigenvalue weighted by atomic mass is 10.1. The van der Waals surface area contributed by atoms with Gasteiger partial charge in [-0.3, -0.25) is 19.8 Å². The van der Waals surface area contributed by atoms with Crippen molar-refractivity contribution in [2.24, 2.45) is 0 Å². The average Bonchev–Trinajstić information content (AvgIpc) is 2.82. The van der Waals surface area contributed by atoms with Crippen molar-refractivity contribution in [2.45, 2.75) is 20.0 Å². The second-order valence-electron chi connectivity index (χ2n) is 7.58. The number of amides is 2. The van der Waals surface area contributed by atoms with Crippen LogP contribution in [0.4, 0.5) is 5.69 Å². The number of carbonyl (C=O) groups excluding carboxylic acids is 2. The number of anilines is 1. The Hall–Kier alpha value is -2.81. The first-order chi connectivity index (χ1) is 16.4. The summed E-state index contributed by atoms with van der Waals surface area (Å²) in [6.45, 7) is 2.47. The predicted octanol–water partition coefficient (Wildman–Crippen LogP) is 6.18. The van der Waals surface area contributed by atoms with Crippen molar-refractivity contribution in [2.75, 3.05) is 4.90 Å². The fourth-order valence-electron chi connectivity index (χ4n) is 3.40. The Kier molecular flexibility index (Phi) is 7.60. The number of halogens is 2. The molecule has 0 unspecified atom stereocenters. The number of nitrogens with zero attached hydrogens (tertiary/aromatic N) is 1. The molecule has 1 aliphatic rings. The Balaban J connectivity index is 1.54. The summed E-state index contributed by atoms with van der Waals surface area (Å²) in [4.78, 5) is 27.1. The standard InChI is InChI=1S/C26H20Br2N2O3S/c1-2-16-5-10-20(11-6-16)30-25(32)21(24(31)29-26(30)34)13-18-7-12-23(22(28)14-18)33-15-17-3-8-19(27)9-4-17/h3-14H,2,15H2,1H3,(H,29,31,34)/b21-13+. The molecule has 1 N–H and O–H groups in total. The van der Waals surface area contributed by atoms with Crippen molar-refractivity contribution in [3.05, 3.63) is 97.9 Å². The number of benzene rings is 3. The van der Waals surface area contributed by atoms with Gasteiger partial charge in [-0.15, -0.1) is 0 Å². The molecule has 2 amide bonds. The number of rotatable bonds is 6. The maximum atomic E-state index is 13.2. The fourth-order valence-corrected chi connectivity index (χ4v) is 4.46. The first-order valence-electron chi connectivity index (χ1n) is 10.5. The number of carbonyl (C=O) groups is 2. The van der Waals surface area contributed by atoms with Gasteiger partial charge in [0.25, 0.3) is 11.8 Å². The van der Waals surface area contributed by atoms with Crippen LogP contribution in [0.5, 0.6) is 5.75 Å². The zero-order valence-electron chi connectivity index (χ0n) is 18.2. The van der Waals surface area contributed by atoms with Crippen molar-refractivity contribution in [3.8, 4) is 5.75 Å². The molecular weight excluding hydrogens is 580 g/mol. The fraction of sp³-hybridized carbons (Fsp3) is 0.115. The third-order valence-corrected chi connectivity index (χ3v) is 6.71. The van der Waals surface area contributed by atoms with Crippen molar-refractivity contribution in [1.82, 2.24) is 5.32 Å². The van der Waals surface area contributed by atoms with E-state index in [0.29, 0.717) is 28.1 Å². The first-order valence-corrected chi connectivity index (χ1v) is 12.5. The SMILES string of the molecule is CCc1ccc(N2C(=O)/C(=C/c3ccc(OCc4ccc(Br)cc4)c(Br)c3)C(=O)NC2=S)cc1. The van der Waals surface area contributed by atoms with Gasteiger partial charge in [0.15, 0.2) is 5.11 Å². The molecule has 34 heavy (non-hydrogen) atoms. The van der Waals surface area contributed by atoms with Gasteiger partial charge < -0.3 is 4.74 Å². The second kappa shape index (κ2) is 10.6. The zero-order valence-corrected chi connectivity index (χ0v) is 22.2. The molecule has 1 aliphatic heterocycles. The Bertz CT molecular complexity index is 1290. The topological polar surface area (TPSA) is 58.6 Å². The molecule has 0 saturated carbocycles. The average molecular weight is 600 g/mol. The molecule has 0 bridgehead atoms. The summed E-state index contributed by atoms with van der Waals surface area (Å²) >= 11 is 12.2. The summed E-state index contributed by atoms with van der Waals surface area (Å²) in [6, 6.07) is 20.8. The Morgan fingerprint density at radius 3 is 2.29 bits per heavy atom. The molecule has 1 saturated heterocycles. The first kappa shape index (κ1) is 24.3. The highest BCUT2D eigenvalue weighted by Crippen LogP contribution is 2.29. The van der Waals surface area contributed by atoms with Crippen molar-refractivity contribution < 1.29 is 14.3 Å². The quantitative estimate of drug-likeness (QED) is 0.209. The van der Waals surface area contributed by atoms with Crippen LogP contribution in [0.2, 0.25) is 0 Å². The van der Waals surface area contributed by atoms with Crippen molar-refractivity contribution >= 4 is 72.8 Å². The molecule has 5 nitrogen and oxygen atoms in total. The van der Waals surface area contributed by atoms with E-state index in [0.717, 1.165) is 22.0 Å². The van der Waals surface area contributed by atoms with Gasteiger partial charge in [-0.1, -0.05) is 53.2 Å². The van der Waals surface area contributed by atoms with Crippen LogP contribution >= 0.6 is 44.1 Å². The highest BCUT2D eigenvalue weighted by molar-refractivity contribution is 9.10. The van der Waals surface area contributed by atoms with Crippen LogP contribution in [-0.2, 0) is 22.6 Å². The van der Waals surface area contributed by atoms with E-state index in [1.807, 2.05) is 48.5 Å². The Morgan fingerprint density at radius 1 is 0.971 bits per heavy atom. The van der Waals surface area contributed by atoms with Gasteiger partial charge in [-0.25, -0.2) is 0 Å².